The lowest BCUT2D eigenvalue weighted by atomic mass is 10.2. The van der Waals surface area contributed by atoms with E-state index >= 15 is 0 Å². The lowest BCUT2D eigenvalue weighted by Crippen LogP contribution is -2.37. The molecule has 1 saturated heterocycles. The molecule has 3 nitrogen and oxygen atoms in total. The summed E-state index contributed by atoms with van der Waals surface area (Å²) >= 11 is 5.76. The fourth-order valence-corrected chi connectivity index (χ4v) is 1.83. The van der Waals surface area contributed by atoms with E-state index < -0.39 is 0 Å². The van der Waals surface area contributed by atoms with Crippen molar-refractivity contribution in [3.05, 3.63) is 23.6 Å². The van der Waals surface area contributed by atoms with Crippen molar-refractivity contribution in [3.63, 3.8) is 0 Å². The zero-order valence-corrected chi connectivity index (χ0v) is 9.00. The molecule has 2 heterocycles. The van der Waals surface area contributed by atoms with Crippen LogP contribution in [0.2, 0.25) is 0 Å². The maximum absolute atomic E-state index is 12.9. The topological polar surface area (TPSA) is 25.4 Å². The molecular weight excluding hydrogens is 219 g/mol. The number of nitrogens with zero attached hydrogens (tertiary/aromatic N) is 2. The maximum Gasteiger partial charge on any atom is 0.141 e. The molecule has 0 aliphatic carbocycles. The van der Waals surface area contributed by atoms with E-state index in [0.717, 1.165) is 24.5 Å². The van der Waals surface area contributed by atoms with Crippen molar-refractivity contribution in [1.82, 2.24) is 4.98 Å². The van der Waals surface area contributed by atoms with Gasteiger partial charge in [-0.25, -0.2) is 9.37 Å². The summed E-state index contributed by atoms with van der Waals surface area (Å²) in [5.41, 5.74) is 0.735. The van der Waals surface area contributed by atoms with Gasteiger partial charge in [0.05, 0.1) is 25.3 Å². The molecular formula is C10H12ClFN2O. The van der Waals surface area contributed by atoms with Gasteiger partial charge < -0.3 is 9.64 Å². The third kappa shape index (κ3) is 2.38. The molecule has 1 aliphatic rings. The van der Waals surface area contributed by atoms with Crippen molar-refractivity contribution < 1.29 is 9.13 Å². The van der Waals surface area contributed by atoms with E-state index in [1.807, 2.05) is 0 Å². The first-order valence-electron chi connectivity index (χ1n) is 4.84. The standard InChI is InChI=1S/C10H12ClFN2O/c11-6-8-5-9(12)7-13-10(8)14-1-3-15-4-2-14/h5,7H,1-4,6H2. The van der Waals surface area contributed by atoms with Gasteiger partial charge in [0.2, 0.25) is 0 Å². The molecule has 0 radical (unpaired) electrons. The minimum atomic E-state index is -0.345. The Labute approximate surface area is 92.8 Å². The Morgan fingerprint density at radius 2 is 2.20 bits per heavy atom. The zero-order chi connectivity index (χ0) is 10.7. The first kappa shape index (κ1) is 10.6. The van der Waals surface area contributed by atoms with Gasteiger partial charge in [-0.1, -0.05) is 0 Å². The van der Waals surface area contributed by atoms with Gasteiger partial charge in [0.1, 0.15) is 11.6 Å². The number of alkyl halides is 1. The Kier molecular flexibility index (Phi) is 3.38. The Morgan fingerprint density at radius 1 is 1.47 bits per heavy atom. The maximum atomic E-state index is 12.9. The molecule has 0 spiro atoms. The van der Waals surface area contributed by atoms with Gasteiger partial charge in [-0.05, 0) is 6.07 Å². The monoisotopic (exact) mass is 230 g/mol. The summed E-state index contributed by atoms with van der Waals surface area (Å²) in [6, 6.07) is 1.44. The number of aromatic nitrogens is 1. The highest BCUT2D eigenvalue weighted by atomic mass is 35.5. The van der Waals surface area contributed by atoms with Crippen LogP contribution < -0.4 is 4.90 Å². The second kappa shape index (κ2) is 4.77. The smallest absolute Gasteiger partial charge is 0.141 e. The van der Waals surface area contributed by atoms with Crippen molar-refractivity contribution in [1.29, 1.82) is 0 Å². The van der Waals surface area contributed by atoms with Crippen LogP contribution in [0.1, 0.15) is 5.56 Å². The average Bonchev–Trinajstić information content (AvgIpc) is 2.30. The summed E-state index contributed by atoms with van der Waals surface area (Å²) in [5, 5.41) is 0. The molecule has 0 N–H and O–H groups in total. The van der Waals surface area contributed by atoms with Crippen LogP contribution >= 0.6 is 11.6 Å². The summed E-state index contributed by atoms with van der Waals surface area (Å²) in [5.74, 6) is 0.703. The Balaban J connectivity index is 2.25. The second-order valence-electron chi connectivity index (χ2n) is 3.37. The van der Waals surface area contributed by atoms with Crippen molar-refractivity contribution >= 4 is 17.4 Å². The average molecular weight is 231 g/mol. The number of ether oxygens (including phenoxy) is 1. The fourth-order valence-electron chi connectivity index (χ4n) is 1.63. The number of hydrogen-bond donors (Lipinski definition) is 0. The Morgan fingerprint density at radius 3 is 2.87 bits per heavy atom. The fraction of sp³-hybridized carbons (Fsp3) is 0.500. The molecule has 0 unspecified atom stereocenters. The zero-order valence-electron chi connectivity index (χ0n) is 8.25. The van der Waals surface area contributed by atoms with Gasteiger partial charge in [0.15, 0.2) is 0 Å². The van der Waals surface area contributed by atoms with E-state index in [1.54, 1.807) is 0 Å². The van der Waals surface area contributed by atoms with Gasteiger partial charge in [0.25, 0.3) is 0 Å². The minimum Gasteiger partial charge on any atom is -0.378 e. The van der Waals surface area contributed by atoms with Crippen LogP contribution in [0.3, 0.4) is 0 Å². The minimum absolute atomic E-state index is 0.275. The van der Waals surface area contributed by atoms with E-state index in [-0.39, 0.29) is 11.7 Å². The SMILES string of the molecule is Fc1cnc(N2CCOCC2)c(CCl)c1. The van der Waals surface area contributed by atoms with Crippen molar-refractivity contribution in [2.24, 2.45) is 0 Å². The second-order valence-corrected chi connectivity index (χ2v) is 3.64. The molecule has 0 bridgehead atoms. The Hall–Kier alpha value is -0.870. The number of rotatable bonds is 2. The highest BCUT2D eigenvalue weighted by Gasteiger charge is 2.16. The van der Waals surface area contributed by atoms with Crippen LogP contribution in [-0.4, -0.2) is 31.3 Å². The van der Waals surface area contributed by atoms with Crippen LogP contribution in [0.25, 0.3) is 0 Å². The van der Waals surface area contributed by atoms with Gasteiger partial charge >= 0.3 is 0 Å². The van der Waals surface area contributed by atoms with Crippen LogP contribution in [0, 0.1) is 5.82 Å². The van der Waals surface area contributed by atoms with Crippen LogP contribution in [0.4, 0.5) is 10.2 Å². The van der Waals surface area contributed by atoms with Crippen molar-refractivity contribution in [3.8, 4) is 0 Å². The lowest BCUT2D eigenvalue weighted by Gasteiger charge is -2.29. The molecule has 82 valence electrons. The van der Waals surface area contributed by atoms with E-state index in [9.17, 15) is 4.39 Å². The normalized spacial score (nSPS) is 16.8. The molecule has 1 aliphatic heterocycles. The van der Waals surface area contributed by atoms with Crippen molar-refractivity contribution in [2.45, 2.75) is 5.88 Å². The number of morpholine rings is 1. The van der Waals surface area contributed by atoms with Gasteiger partial charge in [-0.3, -0.25) is 0 Å². The number of hydrogen-bond acceptors (Lipinski definition) is 3. The van der Waals surface area contributed by atoms with E-state index in [0.29, 0.717) is 13.2 Å². The molecule has 0 aromatic carbocycles. The highest BCUT2D eigenvalue weighted by Crippen LogP contribution is 2.21. The van der Waals surface area contributed by atoms with Crippen LogP contribution in [0.15, 0.2) is 12.3 Å². The predicted octanol–water partition coefficient (Wildman–Crippen LogP) is 1.80. The molecule has 0 saturated carbocycles. The first-order valence-corrected chi connectivity index (χ1v) is 5.38. The van der Waals surface area contributed by atoms with Crippen LogP contribution in [-0.2, 0) is 10.6 Å². The quantitative estimate of drug-likeness (QED) is 0.725. The summed E-state index contributed by atoms with van der Waals surface area (Å²) in [6.45, 7) is 2.92. The molecule has 1 aromatic rings. The van der Waals surface area contributed by atoms with E-state index in [2.05, 4.69) is 9.88 Å². The lowest BCUT2D eigenvalue weighted by molar-refractivity contribution is 0.122. The number of halogens is 2. The number of anilines is 1. The molecule has 15 heavy (non-hydrogen) atoms. The third-order valence-electron chi connectivity index (χ3n) is 2.36. The predicted molar refractivity (Wildman–Crippen MR) is 56.8 cm³/mol. The first-order chi connectivity index (χ1) is 7.31. The number of pyridine rings is 1. The largest absolute Gasteiger partial charge is 0.378 e. The summed E-state index contributed by atoms with van der Waals surface area (Å²) in [7, 11) is 0. The van der Waals surface area contributed by atoms with Crippen LogP contribution in [0.5, 0.6) is 0 Å². The van der Waals surface area contributed by atoms with Gasteiger partial charge in [0, 0.05) is 18.7 Å². The molecule has 2 rings (SSSR count). The molecule has 5 heteroatoms. The van der Waals surface area contributed by atoms with Gasteiger partial charge in [-0.15, -0.1) is 11.6 Å². The summed E-state index contributed by atoms with van der Waals surface area (Å²) in [6.07, 6.45) is 1.22. The molecule has 1 fully saturated rings. The molecule has 1 aromatic heterocycles. The summed E-state index contributed by atoms with van der Waals surface area (Å²) in [4.78, 5) is 6.15. The van der Waals surface area contributed by atoms with Gasteiger partial charge in [-0.2, -0.15) is 0 Å². The highest BCUT2D eigenvalue weighted by molar-refractivity contribution is 6.17. The van der Waals surface area contributed by atoms with E-state index in [1.165, 1.54) is 12.3 Å². The summed E-state index contributed by atoms with van der Waals surface area (Å²) < 4.78 is 18.2. The molecule has 0 amide bonds. The van der Waals surface area contributed by atoms with Crippen molar-refractivity contribution in [2.75, 3.05) is 31.2 Å². The Bertz CT molecular complexity index is 342. The third-order valence-corrected chi connectivity index (χ3v) is 2.65. The molecule has 0 atom stereocenters. The van der Waals surface area contributed by atoms with E-state index in [4.69, 9.17) is 16.3 Å².